The second-order valence-corrected chi connectivity index (χ2v) is 5.82. The third kappa shape index (κ3) is 4.04. The molecule has 0 aliphatic heterocycles. The zero-order valence-corrected chi connectivity index (χ0v) is 14.2. The summed E-state index contributed by atoms with van der Waals surface area (Å²) in [6, 6.07) is 15.8. The molecule has 0 atom stereocenters. The lowest BCUT2D eigenvalue weighted by Gasteiger charge is -2.10. The Hall–Kier alpha value is -2.47. The molecule has 0 fully saturated rings. The number of halogens is 1. The zero-order valence-electron chi connectivity index (χ0n) is 12.6. The Morgan fingerprint density at radius 2 is 1.83 bits per heavy atom. The van der Waals surface area contributed by atoms with E-state index in [1.807, 2.05) is 36.4 Å². The van der Waals surface area contributed by atoms with Crippen LogP contribution in [-0.4, -0.2) is 22.0 Å². The van der Waals surface area contributed by atoms with Crippen molar-refractivity contribution in [1.29, 1.82) is 0 Å². The van der Waals surface area contributed by atoms with Gasteiger partial charge in [0, 0.05) is 30.3 Å². The number of anilines is 2. The van der Waals surface area contributed by atoms with Gasteiger partial charge in [0.15, 0.2) is 0 Å². The molecule has 3 rings (SSSR count). The maximum Gasteiger partial charge on any atom is 0.224 e. The van der Waals surface area contributed by atoms with Crippen molar-refractivity contribution in [3.63, 3.8) is 0 Å². The van der Waals surface area contributed by atoms with Crippen molar-refractivity contribution in [2.24, 2.45) is 0 Å². The number of hydrogen-bond acceptors (Lipinski definition) is 5. The van der Waals surface area contributed by atoms with Gasteiger partial charge in [-0.25, -0.2) is 4.98 Å². The van der Waals surface area contributed by atoms with Crippen LogP contribution < -0.4 is 10.6 Å². The first-order valence-electron chi connectivity index (χ1n) is 7.21. The molecule has 2 N–H and O–H groups in total. The van der Waals surface area contributed by atoms with Gasteiger partial charge in [-0.2, -0.15) is 4.98 Å². The van der Waals surface area contributed by atoms with Crippen molar-refractivity contribution in [3.05, 3.63) is 64.8 Å². The van der Waals surface area contributed by atoms with E-state index < -0.39 is 0 Å². The van der Waals surface area contributed by atoms with Crippen LogP contribution in [0.25, 0.3) is 11.4 Å². The van der Waals surface area contributed by atoms with Crippen LogP contribution >= 0.6 is 15.9 Å². The predicted octanol–water partition coefficient (Wildman–Crippen LogP) is 3.95. The van der Waals surface area contributed by atoms with Crippen molar-refractivity contribution < 1.29 is 0 Å². The van der Waals surface area contributed by atoms with E-state index in [9.17, 15) is 0 Å². The van der Waals surface area contributed by atoms with Crippen molar-refractivity contribution in [1.82, 2.24) is 15.0 Å². The van der Waals surface area contributed by atoms with Gasteiger partial charge in [0.05, 0.1) is 11.4 Å². The molecule has 0 spiro atoms. The molecule has 2 aromatic heterocycles. The number of aromatic nitrogens is 3. The molecule has 0 saturated heterocycles. The highest BCUT2D eigenvalue weighted by atomic mass is 79.9. The second kappa shape index (κ2) is 7.19. The fraction of sp³-hybridized carbons (Fsp3) is 0.118. The summed E-state index contributed by atoms with van der Waals surface area (Å²) in [6.07, 6.45) is 1.76. The minimum Gasteiger partial charge on any atom is -0.366 e. The van der Waals surface area contributed by atoms with Gasteiger partial charge in [-0.05, 0) is 29.8 Å². The number of benzene rings is 1. The van der Waals surface area contributed by atoms with Gasteiger partial charge in [0.2, 0.25) is 5.95 Å². The van der Waals surface area contributed by atoms with Gasteiger partial charge >= 0.3 is 0 Å². The number of nitrogens with one attached hydrogen (secondary N) is 2. The number of rotatable bonds is 5. The lowest BCUT2D eigenvalue weighted by Crippen LogP contribution is -2.05. The van der Waals surface area contributed by atoms with Gasteiger partial charge < -0.3 is 10.6 Å². The van der Waals surface area contributed by atoms with Crippen LogP contribution in [0.2, 0.25) is 0 Å². The minimum absolute atomic E-state index is 0.562. The highest BCUT2D eigenvalue weighted by molar-refractivity contribution is 9.10. The average molecular weight is 370 g/mol. The Kier molecular flexibility index (Phi) is 4.83. The Bertz CT molecular complexity index is 775. The van der Waals surface area contributed by atoms with E-state index in [-0.39, 0.29) is 0 Å². The summed E-state index contributed by atoms with van der Waals surface area (Å²) in [6.45, 7) is 0.690. The molecular formula is C17H16BrN5. The van der Waals surface area contributed by atoms with E-state index in [2.05, 4.69) is 53.6 Å². The van der Waals surface area contributed by atoms with Gasteiger partial charge in [0.25, 0.3) is 0 Å². The maximum atomic E-state index is 4.46. The largest absolute Gasteiger partial charge is 0.366 e. The van der Waals surface area contributed by atoms with Gasteiger partial charge in [-0.3, -0.25) is 4.98 Å². The van der Waals surface area contributed by atoms with E-state index in [1.54, 1.807) is 13.2 Å². The number of nitrogens with zero attached hydrogens (tertiary/aromatic N) is 3. The second-order valence-electron chi connectivity index (χ2n) is 4.91. The monoisotopic (exact) mass is 369 g/mol. The molecule has 0 amide bonds. The molecule has 0 bridgehead atoms. The first kappa shape index (κ1) is 15.4. The van der Waals surface area contributed by atoms with Gasteiger partial charge in [-0.1, -0.05) is 34.1 Å². The third-order valence-corrected chi connectivity index (χ3v) is 3.79. The first-order chi connectivity index (χ1) is 11.2. The number of hydrogen-bond donors (Lipinski definition) is 2. The average Bonchev–Trinajstić information content (AvgIpc) is 2.61. The summed E-state index contributed by atoms with van der Waals surface area (Å²) in [5, 5.41) is 6.32. The first-order valence-corrected chi connectivity index (χ1v) is 8.00. The molecule has 0 aliphatic rings. The highest BCUT2D eigenvalue weighted by Gasteiger charge is 2.06. The number of pyridine rings is 1. The Morgan fingerprint density at radius 1 is 1.00 bits per heavy atom. The molecule has 3 aromatic rings. The molecule has 23 heavy (non-hydrogen) atoms. The normalized spacial score (nSPS) is 10.3. The summed E-state index contributed by atoms with van der Waals surface area (Å²) >= 11 is 3.44. The molecule has 0 radical (unpaired) electrons. The minimum atomic E-state index is 0.562. The van der Waals surface area contributed by atoms with Crippen LogP contribution in [0, 0.1) is 0 Å². The van der Waals surface area contributed by atoms with Crippen LogP contribution in [0.3, 0.4) is 0 Å². The molecule has 0 unspecified atom stereocenters. The van der Waals surface area contributed by atoms with Crippen LogP contribution in [0.1, 0.15) is 5.56 Å². The summed E-state index contributed by atoms with van der Waals surface area (Å²) in [4.78, 5) is 13.2. The third-order valence-electron chi connectivity index (χ3n) is 3.26. The molecule has 6 heteroatoms. The molecule has 0 saturated carbocycles. The topological polar surface area (TPSA) is 62.7 Å². The SMILES string of the molecule is CNc1nc(NCc2ccc(Br)cc2)cc(-c2ccccn2)n1. The van der Waals surface area contributed by atoms with E-state index in [0.29, 0.717) is 12.5 Å². The predicted molar refractivity (Wildman–Crippen MR) is 96.3 cm³/mol. The van der Waals surface area contributed by atoms with Crippen LogP contribution in [0.5, 0.6) is 0 Å². The van der Waals surface area contributed by atoms with Crippen LogP contribution in [0.4, 0.5) is 11.8 Å². The highest BCUT2D eigenvalue weighted by Crippen LogP contribution is 2.20. The van der Waals surface area contributed by atoms with Gasteiger partial charge in [0.1, 0.15) is 5.82 Å². The van der Waals surface area contributed by atoms with Crippen molar-refractivity contribution >= 4 is 27.7 Å². The summed E-state index contributed by atoms with van der Waals surface area (Å²) in [5.41, 5.74) is 2.78. The fourth-order valence-electron chi connectivity index (χ4n) is 2.09. The molecule has 116 valence electrons. The van der Waals surface area contributed by atoms with Crippen molar-refractivity contribution in [2.45, 2.75) is 6.54 Å². The zero-order chi connectivity index (χ0) is 16.1. The lowest BCUT2D eigenvalue weighted by molar-refractivity contribution is 1.08. The molecule has 0 aliphatic carbocycles. The van der Waals surface area contributed by atoms with Gasteiger partial charge in [-0.15, -0.1) is 0 Å². The maximum absolute atomic E-state index is 4.46. The lowest BCUT2D eigenvalue weighted by atomic mass is 10.2. The van der Waals surface area contributed by atoms with Crippen LogP contribution in [-0.2, 0) is 6.54 Å². The molecule has 2 heterocycles. The molecule has 1 aromatic carbocycles. The van der Waals surface area contributed by atoms with E-state index in [1.165, 1.54) is 5.56 Å². The van der Waals surface area contributed by atoms with Crippen LogP contribution in [0.15, 0.2) is 59.2 Å². The fourth-order valence-corrected chi connectivity index (χ4v) is 2.35. The Labute approximate surface area is 143 Å². The van der Waals surface area contributed by atoms with Crippen molar-refractivity contribution in [2.75, 3.05) is 17.7 Å². The summed E-state index contributed by atoms with van der Waals surface area (Å²) in [5.74, 6) is 1.32. The summed E-state index contributed by atoms with van der Waals surface area (Å²) in [7, 11) is 1.80. The standard InChI is InChI=1S/C17H16BrN5/c1-19-17-22-15(14-4-2-3-9-20-14)10-16(23-17)21-11-12-5-7-13(18)8-6-12/h2-10H,11H2,1H3,(H2,19,21,22,23). The smallest absolute Gasteiger partial charge is 0.224 e. The molecule has 5 nitrogen and oxygen atoms in total. The Balaban J connectivity index is 1.82. The van der Waals surface area contributed by atoms with E-state index in [0.717, 1.165) is 21.7 Å². The molecular weight excluding hydrogens is 354 g/mol. The summed E-state index contributed by atoms with van der Waals surface area (Å²) < 4.78 is 1.07. The van der Waals surface area contributed by atoms with E-state index >= 15 is 0 Å². The van der Waals surface area contributed by atoms with Crippen molar-refractivity contribution in [3.8, 4) is 11.4 Å². The van der Waals surface area contributed by atoms with E-state index in [4.69, 9.17) is 0 Å². The quantitative estimate of drug-likeness (QED) is 0.712. The Morgan fingerprint density at radius 3 is 2.52 bits per heavy atom.